The molecular weight excluding hydrogens is 352 g/mol. The molecule has 0 spiro atoms. The van der Waals surface area contributed by atoms with Gasteiger partial charge in [0.15, 0.2) is 6.61 Å². The molecule has 0 aliphatic carbocycles. The molecule has 0 aliphatic rings. The summed E-state index contributed by atoms with van der Waals surface area (Å²) in [6.07, 6.45) is 1.57. The molecule has 0 aliphatic heterocycles. The average molecular weight is 374 g/mol. The summed E-state index contributed by atoms with van der Waals surface area (Å²) in [6, 6.07) is 25.0. The Bertz CT molecular complexity index is 939. The Morgan fingerprint density at radius 3 is 2.46 bits per heavy atom. The van der Waals surface area contributed by atoms with Gasteiger partial charge in [-0.25, -0.2) is 5.43 Å². The predicted molar refractivity (Wildman–Crippen MR) is 110 cm³/mol. The molecule has 0 saturated carbocycles. The van der Waals surface area contributed by atoms with Crippen molar-refractivity contribution in [1.29, 1.82) is 0 Å². The number of amides is 1. The van der Waals surface area contributed by atoms with Crippen molar-refractivity contribution in [3.05, 3.63) is 95.6 Å². The van der Waals surface area contributed by atoms with Crippen LogP contribution in [0.4, 0.5) is 0 Å². The first kappa shape index (κ1) is 19.2. The topological polar surface area (TPSA) is 59.9 Å². The summed E-state index contributed by atoms with van der Waals surface area (Å²) >= 11 is 0. The normalized spacial score (nSPS) is 10.6. The Labute approximate surface area is 164 Å². The number of aryl methyl sites for hydroxylation is 1. The van der Waals surface area contributed by atoms with Gasteiger partial charge in [-0.1, -0.05) is 54.6 Å². The number of carbonyl (C=O) groups is 1. The minimum atomic E-state index is -0.325. The number of hydrazone groups is 1. The smallest absolute Gasteiger partial charge is 0.277 e. The van der Waals surface area contributed by atoms with Crippen molar-refractivity contribution in [3.63, 3.8) is 0 Å². The fraction of sp³-hybridized carbons (Fsp3) is 0.130. The molecule has 142 valence electrons. The van der Waals surface area contributed by atoms with Crippen molar-refractivity contribution in [1.82, 2.24) is 5.43 Å². The van der Waals surface area contributed by atoms with E-state index in [1.807, 2.05) is 85.8 Å². The fourth-order valence-electron chi connectivity index (χ4n) is 2.49. The molecular formula is C23H22N2O3. The molecule has 0 aromatic heterocycles. The van der Waals surface area contributed by atoms with E-state index < -0.39 is 0 Å². The number of rotatable bonds is 8. The first-order valence-electron chi connectivity index (χ1n) is 8.97. The summed E-state index contributed by atoms with van der Waals surface area (Å²) in [5.41, 5.74) is 5.46. The van der Waals surface area contributed by atoms with Gasteiger partial charge in [-0.15, -0.1) is 0 Å². The van der Waals surface area contributed by atoms with Crippen LogP contribution >= 0.6 is 0 Å². The zero-order chi connectivity index (χ0) is 19.6. The number of hydrogen-bond donors (Lipinski definition) is 1. The lowest BCUT2D eigenvalue weighted by molar-refractivity contribution is -0.123. The number of nitrogens with one attached hydrogen (secondary N) is 1. The Hall–Kier alpha value is -3.60. The summed E-state index contributed by atoms with van der Waals surface area (Å²) in [5.74, 6) is 1.07. The number of benzene rings is 3. The highest BCUT2D eigenvalue weighted by atomic mass is 16.5. The van der Waals surface area contributed by atoms with Gasteiger partial charge in [-0.05, 0) is 47.9 Å². The molecule has 5 nitrogen and oxygen atoms in total. The van der Waals surface area contributed by atoms with Gasteiger partial charge >= 0.3 is 0 Å². The SMILES string of the molecule is Cc1cccc(OCC(=O)NN=Cc2cccc(OCc3ccccc3)c2)c1. The van der Waals surface area contributed by atoms with Gasteiger partial charge < -0.3 is 9.47 Å². The third-order valence-corrected chi connectivity index (χ3v) is 3.87. The molecule has 3 rings (SSSR count). The summed E-state index contributed by atoms with van der Waals surface area (Å²) in [5, 5.41) is 3.97. The van der Waals surface area contributed by atoms with Crippen LogP contribution in [0.25, 0.3) is 0 Å². The average Bonchev–Trinajstić information content (AvgIpc) is 2.72. The first-order valence-corrected chi connectivity index (χ1v) is 8.97. The van der Waals surface area contributed by atoms with E-state index in [0.717, 1.165) is 22.4 Å². The minimum Gasteiger partial charge on any atom is -0.489 e. The van der Waals surface area contributed by atoms with E-state index in [9.17, 15) is 4.79 Å². The van der Waals surface area contributed by atoms with E-state index >= 15 is 0 Å². The van der Waals surface area contributed by atoms with E-state index in [1.165, 1.54) is 0 Å². The van der Waals surface area contributed by atoms with E-state index in [0.29, 0.717) is 12.4 Å². The molecule has 1 N–H and O–H groups in total. The third-order valence-electron chi connectivity index (χ3n) is 3.87. The molecule has 0 saturated heterocycles. The molecule has 0 heterocycles. The minimum absolute atomic E-state index is 0.0962. The second-order valence-electron chi connectivity index (χ2n) is 6.25. The van der Waals surface area contributed by atoms with Gasteiger partial charge in [0.1, 0.15) is 18.1 Å². The van der Waals surface area contributed by atoms with Crippen molar-refractivity contribution >= 4 is 12.1 Å². The molecule has 1 amide bonds. The maximum Gasteiger partial charge on any atom is 0.277 e. The number of ether oxygens (including phenoxy) is 2. The Balaban J connectivity index is 1.46. The second kappa shape index (κ2) is 9.92. The molecule has 3 aromatic carbocycles. The van der Waals surface area contributed by atoms with Crippen LogP contribution in [0.2, 0.25) is 0 Å². The maximum absolute atomic E-state index is 11.8. The van der Waals surface area contributed by atoms with E-state index in [1.54, 1.807) is 6.21 Å². The van der Waals surface area contributed by atoms with Gasteiger partial charge in [0.2, 0.25) is 0 Å². The van der Waals surface area contributed by atoms with Crippen molar-refractivity contribution in [2.75, 3.05) is 6.61 Å². The van der Waals surface area contributed by atoms with Crippen molar-refractivity contribution in [2.24, 2.45) is 5.10 Å². The monoisotopic (exact) mass is 374 g/mol. The number of carbonyl (C=O) groups excluding carboxylic acids is 1. The Morgan fingerprint density at radius 1 is 0.929 bits per heavy atom. The second-order valence-corrected chi connectivity index (χ2v) is 6.25. The summed E-state index contributed by atoms with van der Waals surface area (Å²) < 4.78 is 11.2. The lowest BCUT2D eigenvalue weighted by Crippen LogP contribution is -2.24. The zero-order valence-electron chi connectivity index (χ0n) is 15.7. The van der Waals surface area contributed by atoms with Crippen LogP contribution in [0, 0.1) is 6.92 Å². The Kier molecular flexibility index (Phi) is 6.79. The molecule has 3 aromatic rings. The molecule has 0 unspecified atom stereocenters. The molecule has 5 heteroatoms. The van der Waals surface area contributed by atoms with Crippen LogP contribution in [0.15, 0.2) is 84.0 Å². The van der Waals surface area contributed by atoms with Crippen molar-refractivity contribution in [3.8, 4) is 11.5 Å². The highest BCUT2D eigenvalue weighted by Crippen LogP contribution is 2.14. The quantitative estimate of drug-likeness (QED) is 0.477. The molecule has 0 fully saturated rings. The molecule has 28 heavy (non-hydrogen) atoms. The van der Waals surface area contributed by atoms with Crippen molar-refractivity contribution in [2.45, 2.75) is 13.5 Å². The highest BCUT2D eigenvalue weighted by Gasteiger charge is 2.02. The molecule has 0 radical (unpaired) electrons. The van der Waals surface area contributed by atoms with Gasteiger partial charge in [0, 0.05) is 0 Å². The van der Waals surface area contributed by atoms with Crippen LogP contribution in [0.3, 0.4) is 0 Å². The van der Waals surface area contributed by atoms with Crippen molar-refractivity contribution < 1.29 is 14.3 Å². The zero-order valence-corrected chi connectivity index (χ0v) is 15.7. The van der Waals surface area contributed by atoms with Gasteiger partial charge in [0.05, 0.1) is 6.21 Å². The lowest BCUT2D eigenvalue weighted by Gasteiger charge is -2.07. The summed E-state index contributed by atoms with van der Waals surface area (Å²) in [7, 11) is 0. The van der Waals surface area contributed by atoms with Crippen LogP contribution in [-0.2, 0) is 11.4 Å². The lowest BCUT2D eigenvalue weighted by atomic mass is 10.2. The van der Waals surface area contributed by atoms with E-state index in [2.05, 4.69) is 10.5 Å². The highest BCUT2D eigenvalue weighted by molar-refractivity contribution is 5.83. The standard InChI is InChI=1S/C23H22N2O3/c1-18-7-5-11-21(13-18)28-17-23(26)25-24-15-20-10-6-12-22(14-20)27-16-19-8-3-2-4-9-19/h2-15H,16-17H2,1H3,(H,25,26). The Morgan fingerprint density at radius 2 is 1.68 bits per heavy atom. The van der Waals surface area contributed by atoms with E-state index in [4.69, 9.17) is 9.47 Å². The van der Waals surface area contributed by atoms with Crippen LogP contribution in [-0.4, -0.2) is 18.7 Å². The maximum atomic E-state index is 11.8. The first-order chi connectivity index (χ1) is 13.7. The van der Waals surface area contributed by atoms with Crippen LogP contribution in [0.5, 0.6) is 11.5 Å². The molecule has 0 atom stereocenters. The van der Waals surface area contributed by atoms with Gasteiger partial charge in [-0.3, -0.25) is 4.79 Å². The summed E-state index contributed by atoms with van der Waals surface area (Å²) in [4.78, 5) is 11.8. The predicted octanol–water partition coefficient (Wildman–Crippen LogP) is 4.10. The third kappa shape index (κ3) is 6.29. The van der Waals surface area contributed by atoms with Crippen LogP contribution < -0.4 is 14.9 Å². The van der Waals surface area contributed by atoms with Gasteiger partial charge in [-0.2, -0.15) is 5.10 Å². The number of hydrogen-bond acceptors (Lipinski definition) is 4. The molecule has 0 bridgehead atoms. The van der Waals surface area contributed by atoms with E-state index in [-0.39, 0.29) is 12.5 Å². The fourth-order valence-corrected chi connectivity index (χ4v) is 2.49. The summed E-state index contributed by atoms with van der Waals surface area (Å²) in [6.45, 7) is 2.37. The number of nitrogens with zero attached hydrogens (tertiary/aromatic N) is 1. The largest absolute Gasteiger partial charge is 0.489 e. The van der Waals surface area contributed by atoms with Gasteiger partial charge in [0.25, 0.3) is 5.91 Å². The van der Waals surface area contributed by atoms with Crippen LogP contribution in [0.1, 0.15) is 16.7 Å².